The second-order valence-electron chi connectivity index (χ2n) is 6.37. The van der Waals surface area contributed by atoms with Crippen LogP contribution in [0.5, 0.6) is 0 Å². The number of carbonyl (C=O) groups is 1. The maximum Gasteiger partial charge on any atom is 0.335 e. The first kappa shape index (κ1) is 15.5. The lowest BCUT2D eigenvalue weighted by molar-refractivity contribution is -0.172. The van der Waals surface area contributed by atoms with Gasteiger partial charge in [-0.25, -0.2) is 4.79 Å². The molecule has 0 amide bonds. The van der Waals surface area contributed by atoms with Gasteiger partial charge >= 0.3 is 5.97 Å². The molecule has 0 heterocycles. The molecule has 1 fully saturated rings. The summed E-state index contributed by atoms with van der Waals surface area (Å²) in [5, 5.41) is 0. The quantitative estimate of drug-likeness (QED) is 0.719. The lowest BCUT2D eigenvalue weighted by Gasteiger charge is -2.31. The Morgan fingerprint density at radius 2 is 2.00 bits per heavy atom. The molecule has 0 aromatic heterocycles. The Morgan fingerprint density at radius 3 is 2.56 bits per heavy atom. The molecule has 1 saturated carbocycles. The third-order valence-electron chi connectivity index (χ3n) is 3.45. The predicted octanol–water partition coefficient (Wildman–Crippen LogP) is 3.70. The van der Waals surface area contributed by atoms with E-state index in [9.17, 15) is 4.79 Å². The largest absolute Gasteiger partial charge is 0.458 e. The molecule has 0 aliphatic heterocycles. The highest BCUT2D eigenvalue weighted by molar-refractivity contribution is 5.74. The molecule has 0 aromatic carbocycles. The summed E-state index contributed by atoms with van der Waals surface area (Å²) >= 11 is 0. The molecule has 1 rings (SSSR count). The SMILES string of the molecule is CCC1CCCC(OC(C)C(=O)OC(C)(C)C)C1. The van der Waals surface area contributed by atoms with E-state index in [1.807, 2.05) is 20.8 Å². The molecule has 0 saturated heterocycles. The van der Waals surface area contributed by atoms with E-state index in [-0.39, 0.29) is 12.1 Å². The standard InChI is InChI=1S/C15H28O3/c1-6-12-8-7-9-13(10-12)17-11(2)14(16)18-15(3,4)5/h11-13H,6-10H2,1-5H3. The van der Waals surface area contributed by atoms with Gasteiger partial charge in [-0.05, 0) is 46.5 Å². The Morgan fingerprint density at radius 1 is 1.33 bits per heavy atom. The zero-order chi connectivity index (χ0) is 13.8. The van der Waals surface area contributed by atoms with Crippen LogP contribution in [0.1, 0.15) is 66.7 Å². The maximum atomic E-state index is 11.8. The van der Waals surface area contributed by atoms with Crippen molar-refractivity contribution in [2.24, 2.45) is 5.92 Å². The van der Waals surface area contributed by atoms with E-state index in [1.54, 1.807) is 6.92 Å². The van der Waals surface area contributed by atoms with Gasteiger partial charge in [0, 0.05) is 0 Å². The van der Waals surface area contributed by atoms with Crippen LogP contribution in [-0.2, 0) is 14.3 Å². The van der Waals surface area contributed by atoms with E-state index < -0.39 is 11.7 Å². The Bertz CT molecular complexity index is 267. The first-order valence-electron chi connectivity index (χ1n) is 7.20. The van der Waals surface area contributed by atoms with Crippen molar-refractivity contribution >= 4 is 5.97 Å². The van der Waals surface area contributed by atoms with Crippen LogP contribution in [0, 0.1) is 5.92 Å². The van der Waals surface area contributed by atoms with Gasteiger partial charge in [0.25, 0.3) is 0 Å². The number of carbonyl (C=O) groups excluding carboxylic acids is 1. The van der Waals surface area contributed by atoms with Crippen LogP contribution in [0.4, 0.5) is 0 Å². The molecule has 0 bridgehead atoms. The summed E-state index contributed by atoms with van der Waals surface area (Å²) in [5.41, 5.74) is -0.437. The fourth-order valence-electron chi connectivity index (χ4n) is 2.47. The molecule has 0 radical (unpaired) electrons. The summed E-state index contributed by atoms with van der Waals surface area (Å²) < 4.78 is 11.2. The molecule has 3 unspecified atom stereocenters. The summed E-state index contributed by atoms with van der Waals surface area (Å²) in [5.74, 6) is 0.510. The van der Waals surface area contributed by atoms with E-state index in [2.05, 4.69) is 6.92 Å². The third-order valence-corrected chi connectivity index (χ3v) is 3.45. The molecule has 0 spiro atoms. The summed E-state index contributed by atoms with van der Waals surface area (Å²) in [6.45, 7) is 9.66. The Hall–Kier alpha value is -0.570. The molecule has 3 nitrogen and oxygen atoms in total. The fourth-order valence-corrected chi connectivity index (χ4v) is 2.47. The molecule has 106 valence electrons. The van der Waals surface area contributed by atoms with Gasteiger partial charge in [-0.3, -0.25) is 0 Å². The molecule has 0 aromatic rings. The summed E-state index contributed by atoms with van der Waals surface area (Å²) in [4.78, 5) is 11.8. The predicted molar refractivity (Wildman–Crippen MR) is 72.4 cm³/mol. The Kier molecular flexibility index (Phi) is 5.64. The first-order valence-corrected chi connectivity index (χ1v) is 7.20. The van der Waals surface area contributed by atoms with E-state index in [0.29, 0.717) is 0 Å². The highest BCUT2D eigenvalue weighted by Gasteiger charge is 2.27. The summed E-state index contributed by atoms with van der Waals surface area (Å²) in [6.07, 6.45) is 5.66. The fraction of sp³-hybridized carbons (Fsp3) is 0.933. The minimum absolute atomic E-state index is 0.228. The van der Waals surface area contributed by atoms with Gasteiger partial charge < -0.3 is 9.47 Å². The van der Waals surface area contributed by atoms with Crippen molar-refractivity contribution in [2.45, 2.75) is 84.5 Å². The van der Waals surface area contributed by atoms with Crippen molar-refractivity contribution in [3.63, 3.8) is 0 Å². The molecule has 3 heteroatoms. The number of hydrogen-bond acceptors (Lipinski definition) is 3. The second kappa shape index (κ2) is 6.55. The third kappa shape index (κ3) is 5.38. The molecular formula is C15H28O3. The average Bonchev–Trinajstić information content (AvgIpc) is 2.27. The van der Waals surface area contributed by atoms with Crippen LogP contribution in [0.2, 0.25) is 0 Å². The topological polar surface area (TPSA) is 35.5 Å². The zero-order valence-electron chi connectivity index (χ0n) is 12.5. The zero-order valence-corrected chi connectivity index (χ0v) is 12.5. The lowest BCUT2D eigenvalue weighted by Crippen LogP contribution is -2.35. The van der Waals surface area contributed by atoms with E-state index in [4.69, 9.17) is 9.47 Å². The summed E-state index contributed by atoms with van der Waals surface area (Å²) in [7, 11) is 0. The van der Waals surface area contributed by atoms with Crippen molar-refractivity contribution < 1.29 is 14.3 Å². The van der Waals surface area contributed by atoms with Crippen LogP contribution in [0.25, 0.3) is 0 Å². The molecular weight excluding hydrogens is 228 g/mol. The smallest absolute Gasteiger partial charge is 0.335 e. The van der Waals surface area contributed by atoms with Gasteiger partial charge in [0.1, 0.15) is 5.60 Å². The number of rotatable bonds is 4. The van der Waals surface area contributed by atoms with Crippen molar-refractivity contribution in [3.05, 3.63) is 0 Å². The van der Waals surface area contributed by atoms with Gasteiger partial charge in [0.15, 0.2) is 6.10 Å². The average molecular weight is 256 g/mol. The molecule has 18 heavy (non-hydrogen) atoms. The van der Waals surface area contributed by atoms with E-state index in [0.717, 1.165) is 18.8 Å². The van der Waals surface area contributed by atoms with Crippen molar-refractivity contribution in [1.29, 1.82) is 0 Å². The van der Waals surface area contributed by atoms with Crippen LogP contribution < -0.4 is 0 Å². The monoisotopic (exact) mass is 256 g/mol. The van der Waals surface area contributed by atoms with E-state index in [1.165, 1.54) is 19.3 Å². The van der Waals surface area contributed by atoms with Gasteiger partial charge in [-0.2, -0.15) is 0 Å². The minimum Gasteiger partial charge on any atom is -0.458 e. The van der Waals surface area contributed by atoms with Gasteiger partial charge in [-0.15, -0.1) is 0 Å². The number of ether oxygens (including phenoxy) is 2. The van der Waals surface area contributed by atoms with Crippen molar-refractivity contribution in [3.8, 4) is 0 Å². The van der Waals surface area contributed by atoms with Gasteiger partial charge in [0.05, 0.1) is 6.10 Å². The van der Waals surface area contributed by atoms with E-state index >= 15 is 0 Å². The highest BCUT2D eigenvalue weighted by Crippen LogP contribution is 2.29. The highest BCUT2D eigenvalue weighted by atomic mass is 16.6. The minimum atomic E-state index is -0.454. The van der Waals surface area contributed by atoms with Crippen LogP contribution in [0.3, 0.4) is 0 Å². The van der Waals surface area contributed by atoms with Gasteiger partial charge in [-0.1, -0.05) is 26.2 Å². The van der Waals surface area contributed by atoms with Crippen molar-refractivity contribution in [1.82, 2.24) is 0 Å². The summed E-state index contributed by atoms with van der Waals surface area (Å²) in [6, 6.07) is 0. The first-order chi connectivity index (χ1) is 8.31. The Labute approximate surface area is 111 Å². The lowest BCUT2D eigenvalue weighted by atomic mass is 9.85. The molecule has 1 aliphatic rings. The van der Waals surface area contributed by atoms with Crippen LogP contribution in [0.15, 0.2) is 0 Å². The molecule has 0 N–H and O–H groups in total. The number of hydrogen-bond donors (Lipinski definition) is 0. The van der Waals surface area contributed by atoms with Crippen LogP contribution in [-0.4, -0.2) is 23.8 Å². The van der Waals surface area contributed by atoms with Crippen LogP contribution >= 0.6 is 0 Å². The second-order valence-corrected chi connectivity index (χ2v) is 6.37. The Balaban J connectivity index is 2.39. The molecule has 3 atom stereocenters. The number of esters is 1. The maximum absolute atomic E-state index is 11.8. The van der Waals surface area contributed by atoms with Crippen molar-refractivity contribution in [2.75, 3.05) is 0 Å². The van der Waals surface area contributed by atoms with Gasteiger partial charge in [0.2, 0.25) is 0 Å². The molecule has 1 aliphatic carbocycles. The normalized spacial score (nSPS) is 26.7.